The molecule has 0 bridgehead atoms. The Hall–Kier alpha value is -1.71. The minimum Gasteiger partial charge on any atom is -0.478 e. The summed E-state index contributed by atoms with van der Waals surface area (Å²) >= 11 is 0. The number of hydrogen-bond acceptors (Lipinski definition) is 3. The largest absolute Gasteiger partial charge is 0.478 e. The van der Waals surface area contributed by atoms with Crippen LogP contribution in [0, 0.1) is 0 Å². The molecular weight excluding hydrogens is 240 g/mol. The van der Waals surface area contributed by atoms with Gasteiger partial charge in [-0.2, -0.15) is 0 Å². The second kappa shape index (κ2) is 5.95. The lowest BCUT2D eigenvalue weighted by molar-refractivity contribution is 0.0697. The highest BCUT2D eigenvalue weighted by molar-refractivity contribution is 5.95. The topological polar surface area (TPSA) is 66.6 Å². The number of nitrogens with two attached hydrogens (primary N) is 1. The molecular formula is C15H22N2O2. The van der Waals surface area contributed by atoms with Gasteiger partial charge in [0.25, 0.3) is 0 Å². The average Bonchev–Trinajstić information content (AvgIpc) is 2.66. The van der Waals surface area contributed by atoms with Crippen molar-refractivity contribution in [3.8, 4) is 0 Å². The number of aromatic carboxylic acids is 1. The first kappa shape index (κ1) is 13.7. The molecule has 1 aromatic rings. The Morgan fingerprint density at radius 2 is 1.89 bits per heavy atom. The van der Waals surface area contributed by atoms with E-state index in [2.05, 4.69) is 4.90 Å². The highest BCUT2D eigenvalue weighted by atomic mass is 16.4. The second-order valence-corrected chi connectivity index (χ2v) is 5.34. The fraction of sp³-hybridized carbons (Fsp3) is 0.533. The number of carboxylic acids is 1. The van der Waals surface area contributed by atoms with Crippen molar-refractivity contribution >= 4 is 17.3 Å². The van der Waals surface area contributed by atoms with E-state index in [-0.39, 0.29) is 0 Å². The summed E-state index contributed by atoms with van der Waals surface area (Å²) in [6, 6.07) is 5.58. The smallest absolute Gasteiger partial charge is 0.337 e. The molecule has 104 valence electrons. The van der Waals surface area contributed by atoms with E-state index in [1.54, 1.807) is 12.1 Å². The van der Waals surface area contributed by atoms with Crippen molar-refractivity contribution in [2.45, 2.75) is 44.6 Å². The van der Waals surface area contributed by atoms with Crippen LogP contribution in [0.15, 0.2) is 18.2 Å². The Bertz CT molecular complexity index is 451. The van der Waals surface area contributed by atoms with Crippen LogP contribution in [0.4, 0.5) is 11.4 Å². The SMILES string of the molecule is CN(c1ccc(N)cc1C(=O)O)C1CCCCCC1. The molecule has 1 saturated carbocycles. The van der Waals surface area contributed by atoms with Crippen molar-refractivity contribution in [3.63, 3.8) is 0 Å². The quantitative estimate of drug-likeness (QED) is 0.648. The molecule has 3 N–H and O–H groups in total. The van der Waals surface area contributed by atoms with Gasteiger partial charge in [0, 0.05) is 18.8 Å². The predicted molar refractivity (Wildman–Crippen MR) is 77.7 cm³/mol. The molecule has 0 amide bonds. The minimum atomic E-state index is -0.914. The molecule has 4 nitrogen and oxygen atoms in total. The number of carbonyl (C=O) groups is 1. The van der Waals surface area contributed by atoms with E-state index in [0.717, 1.165) is 18.5 Å². The Balaban J connectivity index is 2.26. The Morgan fingerprint density at radius 3 is 2.47 bits per heavy atom. The molecule has 4 heteroatoms. The van der Waals surface area contributed by atoms with Gasteiger partial charge in [0.1, 0.15) is 0 Å². The molecule has 0 aliphatic heterocycles. The zero-order valence-corrected chi connectivity index (χ0v) is 11.4. The van der Waals surface area contributed by atoms with Gasteiger partial charge in [0.2, 0.25) is 0 Å². The van der Waals surface area contributed by atoms with E-state index >= 15 is 0 Å². The number of hydrogen-bond donors (Lipinski definition) is 2. The lowest BCUT2D eigenvalue weighted by Gasteiger charge is -2.30. The number of benzene rings is 1. The summed E-state index contributed by atoms with van der Waals surface area (Å²) in [6.07, 6.45) is 7.31. The number of anilines is 2. The summed E-state index contributed by atoms with van der Waals surface area (Å²) < 4.78 is 0. The summed E-state index contributed by atoms with van der Waals surface area (Å²) in [5.41, 5.74) is 7.25. The highest BCUT2D eigenvalue weighted by Gasteiger charge is 2.21. The minimum absolute atomic E-state index is 0.298. The zero-order chi connectivity index (χ0) is 13.8. The van der Waals surface area contributed by atoms with Crippen LogP contribution >= 0.6 is 0 Å². The third-order valence-corrected chi connectivity index (χ3v) is 4.00. The second-order valence-electron chi connectivity index (χ2n) is 5.34. The Labute approximate surface area is 114 Å². The van der Waals surface area contributed by atoms with Gasteiger partial charge >= 0.3 is 5.97 Å². The van der Waals surface area contributed by atoms with Gasteiger partial charge in [0.05, 0.1) is 11.3 Å². The average molecular weight is 262 g/mol. The molecule has 1 aromatic carbocycles. The molecule has 19 heavy (non-hydrogen) atoms. The first-order chi connectivity index (χ1) is 9.09. The summed E-state index contributed by atoms with van der Waals surface area (Å²) in [5.74, 6) is -0.914. The van der Waals surface area contributed by atoms with Gasteiger partial charge in [-0.25, -0.2) is 4.79 Å². The first-order valence-electron chi connectivity index (χ1n) is 6.95. The molecule has 0 atom stereocenters. The maximum atomic E-state index is 11.3. The van der Waals surface area contributed by atoms with E-state index in [0.29, 0.717) is 17.3 Å². The van der Waals surface area contributed by atoms with Crippen LogP contribution in [0.5, 0.6) is 0 Å². The predicted octanol–water partition coefficient (Wildman–Crippen LogP) is 3.13. The molecule has 0 spiro atoms. The normalized spacial score (nSPS) is 16.9. The van der Waals surface area contributed by atoms with Gasteiger partial charge in [-0.15, -0.1) is 0 Å². The molecule has 0 radical (unpaired) electrons. The third-order valence-electron chi connectivity index (χ3n) is 4.00. The van der Waals surface area contributed by atoms with Crippen molar-refractivity contribution in [2.75, 3.05) is 17.7 Å². The van der Waals surface area contributed by atoms with Gasteiger partial charge in [-0.3, -0.25) is 0 Å². The van der Waals surface area contributed by atoms with Crippen molar-refractivity contribution in [2.24, 2.45) is 0 Å². The zero-order valence-electron chi connectivity index (χ0n) is 11.4. The third kappa shape index (κ3) is 3.19. The fourth-order valence-electron chi connectivity index (χ4n) is 2.87. The lowest BCUT2D eigenvalue weighted by atomic mass is 10.0. The molecule has 0 aromatic heterocycles. The standard InChI is InChI=1S/C15H22N2O2/c1-17(12-6-4-2-3-5-7-12)14-9-8-11(16)10-13(14)15(18)19/h8-10,12H,2-7,16H2,1H3,(H,18,19). The maximum Gasteiger partial charge on any atom is 0.337 e. The summed E-state index contributed by atoms with van der Waals surface area (Å²) in [5, 5.41) is 9.31. The van der Waals surface area contributed by atoms with Crippen LogP contribution in [-0.4, -0.2) is 24.2 Å². The Morgan fingerprint density at radius 1 is 1.26 bits per heavy atom. The summed E-state index contributed by atoms with van der Waals surface area (Å²) in [6.45, 7) is 0. The van der Waals surface area contributed by atoms with Crippen molar-refractivity contribution < 1.29 is 9.90 Å². The van der Waals surface area contributed by atoms with Crippen molar-refractivity contribution in [3.05, 3.63) is 23.8 Å². The van der Waals surface area contributed by atoms with E-state index in [1.807, 2.05) is 13.1 Å². The molecule has 2 rings (SSSR count). The van der Waals surface area contributed by atoms with Gasteiger partial charge < -0.3 is 15.7 Å². The van der Waals surface area contributed by atoms with E-state index in [9.17, 15) is 9.90 Å². The van der Waals surface area contributed by atoms with E-state index < -0.39 is 5.97 Å². The van der Waals surface area contributed by atoms with Gasteiger partial charge in [0.15, 0.2) is 0 Å². The number of carboxylic acid groups (broad SMARTS) is 1. The lowest BCUT2D eigenvalue weighted by Crippen LogP contribution is -2.32. The molecule has 0 heterocycles. The molecule has 0 saturated heterocycles. The monoisotopic (exact) mass is 262 g/mol. The van der Waals surface area contributed by atoms with Crippen LogP contribution < -0.4 is 10.6 Å². The molecule has 1 aliphatic rings. The van der Waals surface area contributed by atoms with Crippen LogP contribution in [0.25, 0.3) is 0 Å². The number of nitrogen functional groups attached to an aromatic ring is 1. The van der Waals surface area contributed by atoms with Gasteiger partial charge in [-0.05, 0) is 31.0 Å². The van der Waals surface area contributed by atoms with Crippen molar-refractivity contribution in [1.82, 2.24) is 0 Å². The maximum absolute atomic E-state index is 11.3. The van der Waals surface area contributed by atoms with E-state index in [4.69, 9.17) is 5.73 Å². The van der Waals surface area contributed by atoms with Crippen LogP contribution in [0.3, 0.4) is 0 Å². The van der Waals surface area contributed by atoms with E-state index in [1.165, 1.54) is 25.7 Å². The van der Waals surface area contributed by atoms with Crippen LogP contribution in [0.2, 0.25) is 0 Å². The highest BCUT2D eigenvalue weighted by Crippen LogP contribution is 2.29. The molecule has 0 unspecified atom stereocenters. The molecule has 1 fully saturated rings. The molecule has 1 aliphatic carbocycles. The Kier molecular flexibility index (Phi) is 4.30. The first-order valence-corrected chi connectivity index (χ1v) is 6.95. The fourth-order valence-corrected chi connectivity index (χ4v) is 2.87. The summed E-state index contributed by atoms with van der Waals surface area (Å²) in [7, 11) is 1.99. The summed E-state index contributed by atoms with van der Waals surface area (Å²) in [4.78, 5) is 13.5. The van der Waals surface area contributed by atoms with Crippen molar-refractivity contribution in [1.29, 1.82) is 0 Å². The van der Waals surface area contributed by atoms with Crippen LogP contribution in [-0.2, 0) is 0 Å². The number of nitrogens with zero attached hydrogens (tertiary/aromatic N) is 1. The van der Waals surface area contributed by atoms with Gasteiger partial charge in [-0.1, -0.05) is 25.7 Å². The van der Waals surface area contributed by atoms with Crippen LogP contribution in [0.1, 0.15) is 48.9 Å². The number of rotatable bonds is 3.